The minimum atomic E-state index is 0. The summed E-state index contributed by atoms with van der Waals surface area (Å²) in [6, 6.07) is 17.4. The molecule has 6 N–H and O–H groups in total. The van der Waals surface area contributed by atoms with Gasteiger partial charge in [0, 0.05) is 0 Å². The fourth-order valence-electron chi connectivity index (χ4n) is 1.51. The van der Waals surface area contributed by atoms with Crippen LogP contribution in [0.1, 0.15) is 15.9 Å². The maximum atomic E-state index is 11.8. The number of hydrogen-bond donors (Lipinski definition) is 0. The van der Waals surface area contributed by atoms with Crippen molar-refractivity contribution in [2.45, 2.75) is 0 Å². The van der Waals surface area contributed by atoms with Gasteiger partial charge in [-0.25, -0.2) is 0 Å². The van der Waals surface area contributed by atoms with Crippen LogP contribution in [0.15, 0.2) is 60.7 Å². The first kappa shape index (κ1) is 20.6. The van der Waals surface area contributed by atoms with E-state index in [0.29, 0.717) is 0 Å². The number of hydrogen-bond acceptors (Lipinski definition) is 1. The van der Waals surface area contributed by atoms with E-state index in [9.17, 15) is 4.79 Å². The first-order chi connectivity index (χ1) is 8.25. The molecule has 5 heteroatoms. The van der Waals surface area contributed by atoms with Crippen LogP contribution in [-0.2, 0) is 0 Å². The fraction of sp³-hybridized carbons (Fsp3) is 0. The van der Waals surface area contributed by atoms with E-state index in [1.54, 1.807) is 6.08 Å². The zero-order valence-corrected chi connectivity index (χ0v) is 12.9. The van der Waals surface area contributed by atoms with E-state index in [4.69, 9.17) is 0 Å². The van der Waals surface area contributed by atoms with E-state index in [1.165, 1.54) is 4.40 Å². The molecule has 0 saturated heterocycles. The molecule has 0 aromatic heterocycles. The van der Waals surface area contributed by atoms with Gasteiger partial charge in [-0.15, -0.1) is 0 Å². The van der Waals surface area contributed by atoms with Crippen molar-refractivity contribution >= 4 is 32.8 Å². The van der Waals surface area contributed by atoms with Crippen molar-refractivity contribution in [1.29, 1.82) is 0 Å². The Morgan fingerprint density at radius 1 is 0.900 bits per heavy atom. The molecule has 2 aromatic carbocycles. The van der Waals surface area contributed by atoms with Crippen LogP contribution in [0, 0.1) is 0 Å². The predicted octanol–water partition coefficient (Wildman–Crippen LogP) is -0.0976. The molecule has 3 radical (unpaired) electrons. The first-order valence-electron chi connectivity index (χ1n) is 5.35. The van der Waals surface area contributed by atoms with Crippen LogP contribution in [0.3, 0.4) is 0 Å². The molecule has 2 aromatic rings. The van der Waals surface area contributed by atoms with Crippen LogP contribution in [0.4, 0.5) is 0 Å². The first-order valence-corrected chi connectivity index (χ1v) is 6.40. The topological polar surface area (TPSA) is 112 Å². The molecular formula is C15H17GeO4. The zero-order chi connectivity index (χ0) is 12.1. The number of allylic oxidation sites excluding steroid dienone is 1. The van der Waals surface area contributed by atoms with Crippen molar-refractivity contribution in [1.82, 2.24) is 0 Å². The molecular weight excluding hydrogens is 317 g/mol. The summed E-state index contributed by atoms with van der Waals surface area (Å²) < 4.78 is 1.19. The molecule has 0 heterocycles. The Balaban J connectivity index is 0. The predicted molar refractivity (Wildman–Crippen MR) is 82.5 cm³/mol. The van der Waals surface area contributed by atoms with E-state index in [-0.39, 0.29) is 22.2 Å². The molecule has 0 aliphatic carbocycles. The van der Waals surface area contributed by atoms with Crippen molar-refractivity contribution in [2.75, 3.05) is 0 Å². The van der Waals surface area contributed by atoms with Crippen LogP contribution in [-0.4, -0.2) is 38.7 Å². The third kappa shape index (κ3) is 5.94. The van der Waals surface area contributed by atoms with Gasteiger partial charge in [0.2, 0.25) is 0 Å². The molecule has 2 rings (SSSR count). The third-order valence-electron chi connectivity index (χ3n) is 2.37. The van der Waals surface area contributed by atoms with Crippen LogP contribution < -0.4 is 4.40 Å². The Kier molecular flexibility index (Phi) is 10.4. The number of ketones is 1. The van der Waals surface area contributed by atoms with E-state index < -0.39 is 0 Å². The summed E-state index contributed by atoms with van der Waals surface area (Å²) in [5.74, 6) is 0.0344. The number of carbonyl (C=O) groups is 1. The van der Waals surface area contributed by atoms with Crippen LogP contribution >= 0.6 is 0 Å². The average molecular weight is 334 g/mol. The summed E-state index contributed by atoms with van der Waals surface area (Å²) >= 11 is 2.04. The van der Waals surface area contributed by atoms with Gasteiger partial charge in [0.05, 0.1) is 0 Å². The number of rotatable bonds is 3. The van der Waals surface area contributed by atoms with Gasteiger partial charge < -0.3 is 16.4 Å². The van der Waals surface area contributed by atoms with Gasteiger partial charge in [0.25, 0.3) is 0 Å². The van der Waals surface area contributed by atoms with Crippen molar-refractivity contribution in [3.63, 3.8) is 0 Å². The van der Waals surface area contributed by atoms with Gasteiger partial charge in [-0.3, -0.25) is 0 Å². The van der Waals surface area contributed by atoms with Crippen molar-refractivity contribution in [3.8, 4) is 0 Å². The Bertz CT molecular complexity index is 553. The second-order valence-electron chi connectivity index (χ2n) is 3.69. The standard InChI is InChI=1S/C15H11GeO.3H2O/c16-14-8-4-5-12(11-14)9-10-15(17)13-6-2-1-3-7-13;;;/h1-11H;3*1H2. The Morgan fingerprint density at radius 3 is 2.15 bits per heavy atom. The van der Waals surface area contributed by atoms with E-state index >= 15 is 0 Å². The number of carbonyl (C=O) groups excluding carboxylic acids is 1. The van der Waals surface area contributed by atoms with Crippen LogP contribution in [0.25, 0.3) is 6.08 Å². The Hall–Kier alpha value is -1.73. The molecule has 4 nitrogen and oxygen atoms in total. The molecule has 0 amide bonds. The van der Waals surface area contributed by atoms with Gasteiger partial charge in [-0.1, -0.05) is 0 Å². The normalized spacial score (nSPS) is 9.05. The summed E-state index contributed by atoms with van der Waals surface area (Å²) in [5, 5.41) is 0. The van der Waals surface area contributed by atoms with E-state index in [2.05, 4.69) is 6.07 Å². The van der Waals surface area contributed by atoms with E-state index in [0.717, 1.165) is 11.1 Å². The maximum absolute atomic E-state index is 11.8. The molecule has 20 heavy (non-hydrogen) atoms. The van der Waals surface area contributed by atoms with Gasteiger partial charge in [-0.2, -0.15) is 0 Å². The van der Waals surface area contributed by atoms with Gasteiger partial charge in [0.1, 0.15) is 0 Å². The molecule has 0 unspecified atom stereocenters. The summed E-state index contributed by atoms with van der Waals surface area (Å²) in [7, 11) is 0. The number of benzene rings is 2. The Labute approximate surface area is 126 Å². The van der Waals surface area contributed by atoms with Crippen molar-refractivity contribution < 1.29 is 21.2 Å². The zero-order valence-electron chi connectivity index (χ0n) is 10.8. The van der Waals surface area contributed by atoms with Crippen molar-refractivity contribution in [3.05, 3.63) is 71.8 Å². The fourth-order valence-corrected chi connectivity index (χ4v) is 2.06. The third-order valence-corrected chi connectivity index (χ3v) is 3.02. The average Bonchev–Trinajstić information content (AvgIpc) is 2.37. The molecule has 0 spiro atoms. The van der Waals surface area contributed by atoms with Crippen LogP contribution in [0.5, 0.6) is 0 Å². The van der Waals surface area contributed by atoms with Crippen molar-refractivity contribution in [2.24, 2.45) is 0 Å². The SMILES string of the molecule is O.O.O.O=C(C=Cc1ccc[c]([Ge])c1)c1ccccc1. The van der Waals surface area contributed by atoms with Gasteiger partial charge >= 0.3 is 109 Å². The molecule has 0 aliphatic rings. The summed E-state index contributed by atoms with van der Waals surface area (Å²) in [6.07, 6.45) is 3.46. The van der Waals surface area contributed by atoms with Crippen LogP contribution in [0.2, 0.25) is 0 Å². The minimum absolute atomic E-state index is 0. The molecule has 0 fully saturated rings. The quantitative estimate of drug-likeness (QED) is 0.436. The second kappa shape index (κ2) is 10.1. The molecule has 0 saturated carbocycles. The molecule has 0 bridgehead atoms. The van der Waals surface area contributed by atoms with E-state index in [1.807, 2.05) is 71.1 Å². The summed E-state index contributed by atoms with van der Waals surface area (Å²) in [4.78, 5) is 11.8. The monoisotopic (exact) mass is 335 g/mol. The Morgan fingerprint density at radius 2 is 1.55 bits per heavy atom. The molecule has 105 valence electrons. The molecule has 0 atom stereocenters. The van der Waals surface area contributed by atoms with Gasteiger partial charge in [-0.05, 0) is 0 Å². The summed E-state index contributed by atoms with van der Waals surface area (Å²) in [6.45, 7) is 0. The summed E-state index contributed by atoms with van der Waals surface area (Å²) in [5.41, 5.74) is 1.77. The second-order valence-corrected chi connectivity index (χ2v) is 4.90. The molecule has 0 aliphatic heterocycles. The van der Waals surface area contributed by atoms with Gasteiger partial charge in [0.15, 0.2) is 0 Å².